The Kier molecular flexibility index (Phi) is 4.88. The number of aromatic nitrogens is 4. The summed E-state index contributed by atoms with van der Waals surface area (Å²) < 4.78 is 1.67. The summed E-state index contributed by atoms with van der Waals surface area (Å²) in [6.07, 6.45) is 6.99. The second-order valence-electron chi connectivity index (χ2n) is 5.70. The van der Waals surface area contributed by atoms with Crippen molar-refractivity contribution in [1.82, 2.24) is 25.1 Å². The van der Waals surface area contributed by atoms with Crippen LogP contribution < -0.4 is 10.6 Å². The molecule has 0 atom stereocenters. The highest BCUT2D eigenvalue weighted by molar-refractivity contribution is 7.13. The Hall–Kier alpha value is -3.52. The summed E-state index contributed by atoms with van der Waals surface area (Å²) in [6, 6.07) is 12.9. The molecule has 8 heteroatoms. The van der Waals surface area contributed by atoms with Gasteiger partial charge in [-0.3, -0.25) is 0 Å². The molecule has 0 bridgehead atoms. The van der Waals surface area contributed by atoms with E-state index in [9.17, 15) is 4.79 Å². The van der Waals surface area contributed by atoms with Crippen molar-refractivity contribution in [2.75, 3.05) is 5.32 Å². The fourth-order valence-corrected chi connectivity index (χ4v) is 3.16. The van der Waals surface area contributed by atoms with Crippen LogP contribution in [0.3, 0.4) is 0 Å². The van der Waals surface area contributed by atoms with Crippen molar-refractivity contribution >= 4 is 23.1 Å². The van der Waals surface area contributed by atoms with Gasteiger partial charge in [0.25, 0.3) is 0 Å². The topological polar surface area (TPSA) is 84.7 Å². The molecule has 4 aromatic rings. The third kappa shape index (κ3) is 4.18. The molecule has 0 aliphatic heterocycles. The Morgan fingerprint density at radius 3 is 2.70 bits per heavy atom. The summed E-state index contributed by atoms with van der Waals surface area (Å²) in [5, 5.41) is 12.7. The van der Waals surface area contributed by atoms with Gasteiger partial charge in [0, 0.05) is 48.0 Å². The van der Waals surface area contributed by atoms with E-state index in [-0.39, 0.29) is 6.03 Å². The number of urea groups is 1. The third-order valence-electron chi connectivity index (χ3n) is 3.82. The van der Waals surface area contributed by atoms with E-state index < -0.39 is 0 Å². The zero-order valence-electron chi connectivity index (χ0n) is 14.2. The molecule has 7 nitrogen and oxygen atoms in total. The van der Waals surface area contributed by atoms with Crippen LogP contribution in [0, 0.1) is 0 Å². The number of thiazole rings is 1. The molecule has 134 valence electrons. The quantitative estimate of drug-likeness (QED) is 0.556. The minimum absolute atomic E-state index is 0.269. The lowest BCUT2D eigenvalue weighted by Gasteiger charge is -2.09. The van der Waals surface area contributed by atoms with Crippen LogP contribution in [0.25, 0.3) is 16.4 Å². The fraction of sp³-hybridized carbons (Fsp3) is 0.0526. The van der Waals surface area contributed by atoms with Crippen molar-refractivity contribution in [3.8, 4) is 16.4 Å². The van der Waals surface area contributed by atoms with Crippen LogP contribution in [-0.4, -0.2) is 25.8 Å². The van der Waals surface area contributed by atoms with Crippen LogP contribution in [0.15, 0.2) is 72.6 Å². The van der Waals surface area contributed by atoms with E-state index in [0.717, 1.165) is 21.8 Å². The van der Waals surface area contributed by atoms with Crippen LogP contribution in [0.1, 0.15) is 5.56 Å². The normalized spacial score (nSPS) is 10.5. The van der Waals surface area contributed by atoms with Crippen LogP contribution in [0.2, 0.25) is 0 Å². The lowest BCUT2D eigenvalue weighted by atomic mass is 10.2. The average molecular weight is 376 g/mol. The van der Waals surface area contributed by atoms with Crippen LogP contribution in [-0.2, 0) is 6.54 Å². The molecule has 0 saturated heterocycles. The lowest BCUT2D eigenvalue weighted by Crippen LogP contribution is -2.28. The highest BCUT2D eigenvalue weighted by atomic mass is 32.1. The first-order valence-electron chi connectivity index (χ1n) is 8.28. The van der Waals surface area contributed by atoms with Crippen molar-refractivity contribution in [2.24, 2.45) is 0 Å². The molecule has 0 aliphatic carbocycles. The number of carbonyl (C=O) groups excluding carboxylic acids is 1. The number of anilines is 1. The smallest absolute Gasteiger partial charge is 0.319 e. The Bertz CT molecular complexity index is 1010. The molecule has 0 aliphatic rings. The standard InChI is InChI=1S/C19H16N6OS/c26-19(24-16-4-2-15(3-5-16)18-21-9-11-27-18)22-13-14-6-8-20-17(12-14)25-10-1-7-23-25/h1-12H,13H2,(H2,22,24,26). The van der Waals surface area contributed by atoms with E-state index >= 15 is 0 Å². The molecule has 0 fully saturated rings. The van der Waals surface area contributed by atoms with Gasteiger partial charge < -0.3 is 10.6 Å². The number of carbonyl (C=O) groups is 1. The lowest BCUT2D eigenvalue weighted by molar-refractivity contribution is 0.251. The first kappa shape index (κ1) is 16.9. The molecule has 2 N–H and O–H groups in total. The molecule has 0 saturated carbocycles. The van der Waals surface area contributed by atoms with Gasteiger partial charge in [0.05, 0.1) is 0 Å². The molecular formula is C19H16N6OS. The van der Waals surface area contributed by atoms with E-state index in [0.29, 0.717) is 12.4 Å². The maximum absolute atomic E-state index is 12.1. The van der Waals surface area contributed by atoms with Gasteiger partial charge in [-0.2, -0.15) is 5.10 Å². The van der Waals surface area contributed by atoms with Gasteiger partial charge in [-0.05, 0) is 48.0 Å². The highest BCUT2D eigenvalue weighted by Crippen LogP contribution is 2.23. The largest absolute Gasteiger partial charge is 0.334 e. The second-order valence-corrected chi connectivity index (χ2v) is 6.59. The zero-order chi connectivity index (χ0) is 18.5. The average Bonchev–Trinajstić information content (AvgIpc) is 3.41. The molecule has 1 aromatic carbocycles. The number of hydrogen-bond donors (Lipinski definition) is 2. The number of nitrogens with zero attached hydrogens (tertiary/aromatic N) is 4. The number of hydrogen-bond acceptors (Lipinski definition) is 5. The monoisotopic (exact) mass is 376 g/mol. The summed E-state index contributed by atoms with van der Waals surface area (Å²) in [6.45, 7) is 0.389. The van der Waals surface area contributed by atoms with E-state index in [1.807, 2.05) is 54.0 Å². The van der Waals surface area contributed by atoms with Crippen molar-refractivity contribution in [3.63, 3.8) is 0 Å². The van der Waals surface area contributed by atoms with E-state index in [1.165, 1.54) is 0 Å². The summed E-state index contributed by atoms with van der Waals surface area (Å²) in [7, 11) is 0. The van der Waals surface area contributed by atoms with E-state index in [4.69, 9.17) is 0 Å². The fourth-order valence-electron chi connectivity index (χ4n) is 2.52. The molecule has 0 unspecified atom stereocenters. The summed E-state index contributed by atoms with van der Waals surface area (Å²) in [5.41, 5.74) is 2.68. The first-order chi connectivity index (χ1) is 13.3. The molecule has 2 amide bonds. The number of amides is 2. The Balaban J connectivity index is 1.34. The summed E-state index contributed by atoms with van der Waals surface area (Å²) in [5.74, 6) is 0.706. The first-order valence-corrected chi connectivity index (χ1v) is 9.16. The van der Waals surface area contributed by atoms with Crippen LogP contribution >= 0.6 is 11.3 Å². The zero-order valence-corrected chi connectivity index (χ0v) is 15.1. The van der Waals surface area contributed by atoms with E-state index in [1.54, 1.807) is 34.6 Å². The van der Waals surface area contributed by atoms with E-state index in [2.05, 4.69) is 25.7 Å². The van der Waals surface area contributed by atoms with Crippen molar-refractivity contribution in [2.45, 2.75) is 6.54 Å². The van der Waals surface area contributed by atoms with Gasteiger partial charge in [-0.25, -0.2) is 19.4 Å². The van der Waals surface area contributed by atoms with Crippen molar-refractivity contribution in [3.05, 3.63) is 78.2 Å². The van der Waals surface area contributed by atoms with Gasteiger partial charge in [-0.15, -0.1) is 11.3 Å². The number of benzene rings is 1. The van der Waals surface area contributed by atoms with Crippen molar-refractivity contribution < 1.29 is 4.79 Å². The molecule has 4 rings (SSSR count). The molecule has 27 heavy (non-hydrogen) atoms. The van der Waals surface area contributed by atoms with Crippen LogP contribution in [0.5, 0.6) is 0 Å². The minimum Gasteiger partial charge on any atom is -0.334 e. The minimum atomic E-state index is -0.269. The molecule has 0 spiro atoms. The Morgan fingerprint density at radius 2 is 1.96 bits per heavy atom. The number of nitrogens with one attached hydrogen (secondary N) is 2. The van der Waals surface area contributed by atoms with Gasteiger partial charge in [-0.1, -0.05) is 0 Å². The molecule has 3 heterocycles. The Labute approximate surface area is 159 Å². The van der Waals surface area contributed by atoms with Gasteiger partial charge in [0.2, 0.25) is 0 Å². The third-order valence-corrected chi connectivity index (χ3v) is 4.65. The van der Waals surface area contributed by atoms with Crippen LogP contribution in [0.4, 0.5) is 10.5 Å². The van der Waals surface area contributed by atoms with Gasteiger partial charge in [0.15, 0.2) is 5.82 Å². The molecule has 0 radical (unpaired) electrons. The predicted octanol–water partition coefficient (Wildman–Crippen LogP) is 3.71. The number of pyridine rings is 1. The maximum atomic E-state index is 12.1. The molecular weight excluding hydrogens is 360 g/mol. The summed E-state index contributed by atoms with van der Waals surface area (Å²) >= 11 is 1.58. The second kappa shape index (κ2) is 7.79. The maximum Gasteiger partial charge on any atom is 0.319 e. The Morgan fingerprint density at radius 1 is 1.07 bits per heavy atom. The molecule has 3 aromatic heterocycles. The highest BCUT2D eigenvalue weighted by Gasteiger charge is 2.05. The van der Waals surface area contributed by atoms with Gasteiger partial charge >= 0.3 is 6.03 Å². The number of rotatable bonds is 5. The summed E-state index contributed by atoms with van der Waals surface area (Å²) in [4.78, 5) is 20.7. The predicted molar refractivity (Wildman–Crippen MR) is 105 cm³/mol. The van der Waals surface area contributed by atoms with Gasteiger partial charge in [0.1, 0.15) is 5.01 Å². The SMILES string of the molecule is O=C(NCc1ccnc(-n2cccn2)c1)Nc1ccc(-c2nccs2)cc1. The van der Waals surface area contributed by atoms with Crippen molar-refractivity contribution in [1.29, 1.82) is 0 Å².